The van der Waals surface area contributed by atoms with Gasteiger partial charge in [0.25, 0.3) is 0 Å². The molecule has 1 rings (SSSR count). The molecule has 84 valence electrons. The van der Waals surface area contributed by atoms with Crippen molar-refractivity contribution in [1.82, 2.24) is 5.32 Å². The van der Waals surface area contributed by atoms with E-state index in [2.05, 4.69) is 50.4 Å². The van der Waals surface area contributed by atoms with E-state index in [0.717, 1.165) is 0 Å². The zero-order valence-electron chi connectivity index (χ0n) is 9.90. The van der Waals surface area contributed by atoms with Gasteiger partial charge in [-0.25, -0.2) is 0 Å². The summed E-state index contributed by atoms with van der Waals surface area (Å²) in [6.45, 7) is 7.26. The first-order valence-electron chi connectivity index (χ1n) is 5.66. The number of rotatable bonds is 5. The summed E-state index contributed by atoms with van der Waals surface area (Å²) in [6, 6.07) is 11.2. The van der Waals surface area contributed by atoms with E-state index in [1.807, 2.05) is 6.07 Å². The Kier molecular flexibility index (Phi) is 4.79. The van der Waals surface area contributed by atoms with Crippen LogP contribution in [0.1, 0.15) is 32.4 Å². The summed E-state index contributed by atoms with van der Waals surface area (Å²) in [4.78, 5) is 0. The maximum atomic E-state index is 5.74. The highest BCUT2D eigenvalue weighted by molar-refractivity contribution is 5.18. The van der Waals surface area contributed by atoms with Gasteiger partial charge in [-0.05, 0) is 18.4 Å². The fourth-order valence-electron chi connectivity index (χ4n) is 1.69. The highest BCUT2D eigenvalue weighted by atomic mass is 15.0. The quantitative estimate of drug-likeness (QED) is 0.776. The molecule has 15 heavy (non-hydrogen) atoms. The van der Waals surface area contributed by atoms with Crippen LogP contribution in [0.3, 0.4) is 0 Å². The molecule has 1 aromatic carbocycles. The first-order chi connectivity index (χ1) is 7.15. The summed E-state index contributed by atoms with van der Waals surface area (Å²) >= 11 is 0. The van der Waals surface area contributed by atoms with E-state index in [1.165, 1.54) is 5.56 Å². The molecule has 0 spiro atoms. The van der Waals surface area contributed by atoms with Crippen LogP contribution >= 0.6 is 0 Å². The van der Waals surface area contributed by atoms with Crippen molar-refractivity contribution in [3.8, 4) is 0 Å². The molecule has 0 aliphatic rings. The van der Waals surface area contributed by atoms with Crippen LogP contribution in [-0.4, -0.2) is 12.6 Å². The molecule has 0 aliphatic carbocycles. The van der Waals surface area contributed by atoms with Crippen molar-refractivity contribution in [2.24, 2.45) is 11.7 Å². The zero-order chi connectivity index (χ0) is 11.3. The van der Waals surface area contributed by atoms with Crippen LogP contribution in [0.15, 0.2) is 30.3 Å². The molecule has 2 nitrogen and oxygen atoms in total. The molecule has 2 unspecified atom stereocenters. The van der Waals surface area contributed by atoms with Gasteiger partial charge >= 0.3 is 0 Å². The lowest BCUT2D eigenvalue weighted by Crippen LogP contribution is -2.41. The second-order valence-corrected chi connectivity index (χ2v) is 4.39. The molecule has 0 amide bonds. The molecular weight excluding hydrogens is 184 g/mol. The lowest BCUT2D eigenvalue weighted by Gasteiger charge is -2.25. The highest BCUT2D eigenvalue weighted by Crippen LogP contribution is 2.13. The number of hydrogen-bond donors (Lipinski definition) is 2. The normalized spacial score (nSPS) is 15.3. The zero-order valence-corrected chi connectivity index (χ0v) is 9.90. The van der Waals surface area contributed by atoms with Gasteiger partial charge in [-0.2, -0.15) is 0 Å². The van der Waals surface area contributed by atoms with Crippen LogP contribution in [0.5, 0.6) is 0 Å². The Morgan fingerprint density at radius 1 is 1.13 bits per heavy atom. The van der Waals surface area contributed by atoms with Gasteiger partial charge in [-0.3, -0.25) is 0 Å². The van der Waals surface area contributed by atoms with Crippen molar-refractivity contribution < 1.29 is 0 Å². The van der Waals surface area contributed by atoms with Crippen molar-refractivity contribution in [2.45, 2.75) is 32.9 Å². The summed E-state index contributed by atoms with van der Waals surface area (Å²) < 4.78 is 0. The second kappa shape index (κ2) is 5.89. The number of hydrogen-bond acceptors (Lipinski definition) is 2. The van der Waals surface area contributed by atoms with Crippen LogP contribution in [0.4, 0.5) is 0 Å². The Hall–Kier alpha value is -0.860. The average Bonchev–Trinajstić information content (AvgIpc) is 2.26. The lowest BCUT2D eigenvalue weighted by molar-refractivity contribution is 0.371. The fraction of sp³-hybridized carbons (Fsp3) is 0.538. The minimum absolute atomic E-state index is 0.363. The molecule has 0 saturated heterocycles. The van der Waals surface area contributed by atoms with Crippen LogP contribution in [0, 0.1) is 5.92 Å². The maximum absolute atomic E-state index is 5.74. The van der Waals surface area contributed by atoms with E-state index in [1.54, 1.807) is 0 Å². The van der Waals surface area contributed by atoms with Crippen molar-refractivity contribution in [1.29, 1.82) is 0 Å². The average molecular weight is 206 g/mol. The number of nitrogens with two attached hydrogens (primary N) is 1. The van der Waals surface area contributed by atoms with Gasteiger partial charge in [0, 0.05) is 18.6 Å². The number of nitrogens with one attached hydrogen (secondary N) is 1. The Labute approximate surface area is 92.9 Å². The van der Waals surface area contributed by atoms with E-state index in [-0.39, 0.29) is 0 Å². The van der Waals surface area contributed by atoms with E-state index in [9.17, 15) is 0 Å². The molecule has 2 atom stereocenters. The topological polar surface area (TPSA) is 38.0 Å². The van der Waals surface area contributed by atoms with Crippen molar-refractivity contribution >= 4 is 0 Å². The molecule has 0 saturated carbocycles. The van der Waals surface area contributed by atoms with Crippen molar-refractivity contribution in [2.75, 3.05) is 6.54 Å². The molecule has 0 radical (unpaired) electrons. The van der Waals surface area contributed by atoms with Gasteiger partial charge in [0.2, 0.25) is 0 Å². The SMILES string of the molecule is CC(NC(CN)C(C)C)c1ccccc1. The van der Waals surface area contributed by atoms with Gasteiger partial charge in [0.1, 0.15) is 0 Å². The van der Waals surface area contributed by atoms with E-state index < -0.39 is 0 Å². The third-order valence-electron chi connectivity index (χ3n) is 2.82. The second-order valence-electron chi connectivity index (χ2n) is 4.39. The summed E-state index contributed by atoms with van der Waals surface area (Å²) in [6.07, 6.45) is 0. The van der Waals surface area contributed by atoms with Crippen LogP contribution in [0.25, 0.3) is 0 Å². The summed E-state index contributed by atoms with van der Waals surface area (Å²) in [5.74, 6) is 0.571. The lowest BCUT2D eigenvalue weighted by atomic mass is 10.0. The Balaban J connectivity index is 2.58. The third kappa shape index (κ3) is 3.65. The minimum atomic E-state index is 0.363. The monoisotopic (exact) mass is 206 g/mol. The summed E-state index contributed by atoms with van der Waals surface area (Å²) in [5, 5.41) is 3.56. The molecule has 2 heteroatoms. The smallest absolute Gasteiger partial charge is 0.0294 e. The van der Waals surface area contributed by atoms with Crippen LogP contribution in [0.2, 0.25) is 0 Å². The molecule has 1 aromatic rings. The standard InChI is InChI=1S/C13H22N2/c1-10(2)13(9-14)15-11(3)12-7-5-4-6-8-12/h4-8,10-11,13,15H,9,14H2,1-3H3. The summed E-state index contributed by atoms with van der Waals surface area (Å²) in [5.41, 5.74) is 7.05. The third-order valence-corrected chi connectivity index (χ3v) is 2.82. The first kappa shape index (κ1) is 12.2. The van der Waals surface area contributed by atoms with Crippen molar-refractivity contribution in [3.05, 3.63) is 35.9 Å². The molecule has 3 N–H and O–H groups in total. The van der Waals surface area contributed by atoms with Crippen LogP contribution < -0.4 is 11.1 Å². The minimum Gasteiger partial charge on any atom is -0.329 e. The van der Waals surface area contributed by atoms with Gasteiger partial charge < -0.3 is 11.1 Å². The predicted molar refractivity (Wildman–Crippen MR) is 65.7 cm³/mol. The van der Waals surface area contributed by atoms with Gasteiger partial charge in [0.05, 0.1) is 0 Å². The fourth-order valence-corrected chi connectivity index (χ4v) is 1.69. The number of benzene rings is 1. The molecule has 0 fully saturated rings. The van der Waals surface area contributed by atoms with Crippen LogP contribution in [-0.2, 0) is 0 Å². The molecular formula is C13H22N2. The summed E-state index contributed by atoms with van der Waals surface area (Å²) in [7, 11) is 0. The molecule has 0 bridgehead atoms. The molecule has 0 heterocycles. The van der Waals surface area contributed by atoms with Crippen molar-refractivity contribution in [3.63, 3.8) is 0 Å². The van der Waals surface area contributed by atoms with Gasteiger partial charge in [0.15, 0.2) is 0 Å². The Bertz CT molecular complexity index is 269. The predicted octanol–water partition coefficient (Wildman–Crippen LogP) is 2.32. The first-order valence-corrected chi connectivity index (χ1v) is 5.66. The maximum Gasteiger partial charge on any atom is 0.0294 e. The van der Waals surface area contributed by atoms with E-state index >= 15 is 0 Å². The molecule has 0 aliphatic heterocycles. The highest BCUT2D eigenvalue weighted by Gasteiger charge is 2.14. The van der Waals surface area contributed by atoms with E-state index in [0.29, 0.717) is 24.5 Å². The van der Waals surface area contributed by atoms with E-state index in [4.69, 9.17) is 5.73 Å². The van der Waals surface area contributed by atoms with Gasteiger partial charge in [-0.15, -0.1) is 0 Å². The van der Waals surface area contributed by atoms with Gasteiger partial charge in [-0.1, -0.05) is 44.2 Å². The largest absolute Gasteiger partial charge is 0.329 e. The Morgan fingerprint density at radius 3 is 2.20 bits per heavy atom. The molecule has 0 aromatic heterocycles. The Morgan fingerprint density at radius 2 is 1.73 bits per heavy atom.